The van der Waals surface area contributed by atoms with Crippen molar-refractivity contribution >= 4 is 17.8 Å². The lowest BCUT2D eigenvalue weighted by Gasteiger charge is -2.31. The van der Waals surface area contributed by atoms with Gasteiger partial charge in [-0.2, -0.15) is 0 Å². The van der Waals surface area contributed by atoms with E-state index >= 15 is 0 Å². The Morgan fingerprint density at radius 3 is 2.45 bits per heavy atom. The second-order valence-corrected chi connectivity index (χ2v) is 10.7. The van der Waals surface area contributed by atoms with E-state index in [0.29, 0.717) is 62.8 Å². The number of carbonyl (C=O) groups is 3. The summed E-state index contributed by atoms with van der Waals surface area (Å²) >= 11 is 0. The van der Waals surface area contributed by atoms with Crippen molar-refractivity contribution < 1.29 is 34.1 Å². The number of fused-ring (bicyclic) bond motifs is 1. The quantitative estimate of drug-likeness (QED) is 0.258. The van der Waals surface area contributed by atoms with Gasteiger partial charge in [-0.15, -0.1) is 0 Å². The van der Waals surface area contributed by atoms with Gasteiger partial charge in [0.15, 0.2) is 11.5 Å². The molecule has 1 saturated heterocycles. The summed E-state index contributed by atoms with van der Waals surface area (Å²) < 4.78 is 11.1. The van der Waals surface area contributed by atoms with Gasteiger partial charge in [-0.05, 0) is 56.8 Å². The lowest BCUT2D eigenvalue weighted by Crippen LogP contribution is -2.46. The minimum absolute atomic E-state index is 0.0269. The number of hydrogen-bond acceptors (Lipinski definition) is 8. The maximum Gasteiger partial charge on any atom is 0.308 e. The van der Waals surface area contributed by atoms with Crippen molar-refractivity contribution in [3.63, 3.8) is 0 Å². The molecule has 2 aliphatic heterocycles. The number of amides is 2. The van der Waals surface area contributed by atoms with Gasteiger partial charge < -0.3 is 35.2 Å². The van der Waals surface area contributed by atoms with Crippen molar-refractivity contribution in [2.24, 2.45) is 11.7 Å². The predicted octanol–water partition coefficient (Wildman–Crippen LogP) is 2.00. The Morgan fingerprint density at radius 2 is 1.82 bits per heavy atom. The molecular formula is C29H46N4O7. The van der Waals surface area contributed by atoms with Gasteiger partial charge in [-0.1, -0.05) is 13.3 Å². The molecule has 2 aliphatic rings. The van der Waals surface area contributed by atoms with Gasteiger partial charge in [-0.25, -0.2) is 0 Å². The monoisotopic (exact) mass is 562 g/mol. The molecule has 0 aromatic heterocycles. The third-order valence-corrected chi connectivity index (χ3v) is 8.08. The van der Waals surface area contributed by atoms with Crippen molar-refractivity contribution in [2.75, 3.05) is 52.6 Å². The van der Waals surface area contributed by atoms with E-state index in [1.54, 1.807) is 17.0 Å². The number of unbranched alkanes of at least 4 members (excludes halogenated alkanes) is 2. The smallest absolute Gasteiger partial charge is 0.308 e. The zero-order chi connectivity index (χ0) is 29.2. The summed E-state index contributed by atoms with van der Waals surface area (Å²) in [4.78, 5) is 44.0. The van der Waals surface area contributed by atoms with Crippen molar-refractivity contribution in [3.05, 3.63) is 23.3 Å². The average molecular weight is 563 g/mol. The maximum absolute atomic E-state index is 13.6. The number of nitrogens with zero attached hydrogens (tertiary/aromatic N) is 3. The number of carboxylic acids is 1. The summed E-state index contributed by atoms with van der Waals surface area (Å²) in [7, 11) is 0. The van der Waals surface area contributed by atoms with Crippen LogP contribution in [0.4, 0.5) is 0 Å². The number of carbonyl (C=O) groups excluding carboxylic acids is 2. The summed E-state index contributed by atoms with van der Waals surface area (Å²) in [5, 5.41) is 20.4. The first-order chi connectivity index (χ1) is 19.2. The summed E-state index contributed by atoms with van der Waals surface area (Å²) in [5.41, 5.74) is 6.94. The number of rotatable bonds is 16. The highest BCUT2D eigenvalue weighted by atomic mass is 16.7. The van der Waals surface area contributed by atoms with Crippen molar-refractivity contribution in [1.82, 2.24) is 14.7 Å². The molecule has 0 unspecified atom stereocenters. The van der Waals surface area contributed by atoms with Gasteiger partial charge in [0.2, 0.25) is 18.6 Å². The molecule has 1 fully saturated rings. The summed E-state index contributed by atoms with van der Waals surface area (Å²) in [6, 6.07) is 3.11. The SMILES string of the molecule is CCCCN(CCCCN)C(=O)CN1C[C@H](c2cc(CO)c3c(c2)OCO3)[C@@H](C(=O)O)[C@@H]1CCN(CC)C(C)=O. The van der Waals surface area contributed by atoms with Crippen LogP contribution in [-0.4, -0.2) is 101 Å². The van der Waals surface area contributed by atoms with E-state index < -0.39 is 23.8 Å². The maximum atomic E-state index is 13.6. The molecule has 2 heterocycles. The van der Waals surface area contributed by atoms with Crippen LogP contribution in [0.1, 0.15) is 69.9 Å². The minimum Gasteiger partial charge on any atom is -0.481 e. The fraction of sp³-hybridized carbons (Fsp3) is 0.690. The lowest BCUT2D eigenvalue weighted by atomic mass is 9.83. The van der Waals surface area contributed by atoms with Gasteiger partial charge in [-0.3, -0.25) is 19.3 Å². The molecule has 4 N–H and O–H groups in total. The standard InChI is InChI=1S/C29H46N4O7/c1-4-6-11-32(12-8-7-10-30)26(36)17-33-16-23(21-14-22(18-34)28-25(15-21)39-19-40-28)27(29(37)38)24(33)9-13-31(5-2)20(3)35/h14-15,23-24,27,34H,4-13,16-19,30H2,1-3H3,(H,37,38)/t23-,24+,27-/m1/s1. The first-order valence-corrected chi connectivity index (χ1v) is 14.5. The van der Waals surface area contributed by atoms with E-state index in [9.17, 15) is 24.6 Å². The van der Waals surface area contributed by atoms with E-state index in [0.717, 1.165) is 31.2 Å². The molecule has 0 bridgehead atoms. The van der Waals surface area contributed by atoms with Crippen LogP contribution in [-0.2, 0) is 21.0 Å². The highest BCUT2D eigenvalue weighted by Gasteiger charge is 2.47. The Balaban J connectivity index is 1.92. The molecule has 1 aromatic rings. The van der Waals surface area contributed by atoms with Gasteiger partial charge in [0.1, 0.15) is 0 Å². The first-order valence-electron chi connectivity index (χ1n) is 14.5. The first kappa shape index (κ1) is 31.6. The molecule has 3 rings (SSSR count). The summed E-state index contributed by atoms with van der Waals surface area (Å²) in [6.07, 6.45) is 3.93. The Morgan fingerprint density at radius 1 is 1.07 bits per heavy atom. The van der Waals surface area contributed by atoms with Crippen LogP contribution in [0.5, 0.6) is 11.5 Å². The fourth-order valence-corrected chi connectivity index (χ4v) is 5.89. The Bertz CT molecular complexity index is 1020. The Kier molecular flexibility index (Phi) is 12.0. The normalized spacial score (nSPS) is 20.1. The third kappa shape index (κ3) is 7.64. The molecule has 0 spiro atoms. The zero-order valence-corrected chi connectivity index (χ0v) is 24.1. The van der Waals surface area contributed by atoms with E-state index in [1.807, 2.05) is 16.7 Å². The number of carboxylic acid groups (broad SMARTS) is 1. The van der Waals surface area contributed by atoms with Gasteiger partial charge in [0, 0.05) is 57.2 Å². The largest absolute Gasteiger partial charge is 0.481 e. The van der Waals surface area contributed by atoms with Crippen molar-refractivity contribution in [2.45, 2.75) is 71.4 Å². The van der Waals surface area contributed by atoms with Gasteiger partial charge >= 0.3 is 5.97 Å². The topological polar surface area (TPSA) is 146 Å². The number of hydrogen-bond donors (Lipinski definition) is 3. The molecule has 0 aliphatic carbocycles. The molecule has 2 amide bonds. The van der Waals surface area contributed by atoms with E-state index in [2.05, 4.69) is 6.92 Å². The number of benzene rings is 1. The molecule has 224 valence electrons. The molecule has 11 nitrogen and oxygen atoms in total. The van der Waals surface area contributed by atoms with E-state index in [1.165, 1.54) is 6.92 Å². The van der Waals surface area contributed by atoms with Crippen molar-refractivity contribution in [3.8, 4) is 11.5 Å². The molecule has 3 atom stereocenters. The van der Waals surface area contributed by atoms with Crippen LogP contribution in [0.25, 0.3) is 0 Å². The van der Waals surface area contributed by atoms with Crippen LogP contribution in [0, 0.1) is 5.92 Å². The van der Waals surface area contributed by atoms with Crippen LogP contribution in [0.3, 0.4) is 0 Å². The number of ether oxygens (including phenoxy) is 2. The number of likely N-dealkylation sites (tertiary alicyclic amines) is 1. The highest BCUT2D eigenvalue weighted by Crippen LogP contribution is 2.44. The van der Waals surface area contributed by atoms with Crippen LogP contribution < -0.4 is 15.2 Å². The van der Waals surface area contributed by atoms with Gasteiger partial charge in [0.25, 0.3) is 0 Å². The third-order valence-electron chi connectivity index (χ3n) is 8.08. The Hall–Kier alpha value is -2.89. The summed E-state index contributed by atoms with van der Waals surface area (Å²) in [6.45, 7) is 8.48. The minimum atomic E-state index is -0.954. The lowest BCUT2D eigenvalue weighted by molar-refractivity contribution is -0.144. The zero-order valence-electron chi connectivity index (χ0n) is 24.1. The van der Waals surface area contributed by atoms with Crippen molar-refractivity contribution in [1.29, 1.82) is 0 Å². The average Bonchev–Trinajstić information content (AvgIpc) is 3.55. The van der Waals surface area contributed by atoms with Crippen LogP contribution in [0.2, 0.25) is 0 Å². The highest BCUT2D eigenvalue weighted by molar-refractivity contribution is 5.79. The second-order valence-electron chi connectivity index (χ2n) is 10.7. The summed E-state index contributed by atoms with van der Waals surface area (Å²) in [5.74, 6) is -1.35. The van der Waals surface area contributed by atoms with E-state index in [4.69, 9.17) is 15.2 Å². The molecular weight excluding hydrogens is 516 g/mol. The van der Waals surface area contributed by atoms with Crippen LogP contribution >= 0.6 is 0 Å². The second kappa shape index (κ2) is 15.2. The molecule has 11 heteroatoms. The number of aliphatic carboxylic acids is 1. The van der Waals surface area contributed by atoms with Gasteiger partial charge in [0.05, 0.1) is 19.1 Å². The fourth-order valence-electron chi connectivity index (χ4n) is 5.89. The number of nitrogens with two attached hydrogens (primary N) is 1. The van der Waals surface area contributed by atoms with E-state index in [-0.39, 0.29) is 31.8 Å². The van der Waals surface area contributed by atoms with Crippen LogP contribution in [0.15, 0.2) is 12.1 Å². The molecule has 0 saturated carbocycles. The molecule has 0 radical (unpaired) electrons. The molecule has 1 aromatic carbocycles. The number of aliphatic hydroxyl groups excluding tert-OH is 1. The molecule has 40 heavy (non-hydrogen) atoms. The number of aliphatic hydroxyl groups is 1. The predicted molar refractivity (Wildman–Crippen MR) is 150 cm³/mol. The Labute approximate surface area is 237 Å².